The molecule has 8 nitrogen and oxygen atoms in total. The first-order valence-corrected chi connectivity index (χ1v) is 8.14. The highest BCUT2D eigenvalue weighted by Crippen LogP contribution is 2.35. The van der Waals surface area contributed by atoms with Crippen molar-refractivity contribution in [1.29, 1.82) is 0 Å². The average Bonchev–Trinajstić information content (AvgIpc) is 2.65. The average molecular weight is 362 g/mol. The Balaban J connectivity index is 2.45. The number of aromatic nitrogens is 2. The molecule has 140 valence electrons. The summed E-state index contributed by atoms with van der Waals surface area (Å²) in [7, 11) is 1.44. The number of nitrogens with one attached hydrogen (secondary N) is 1. The van der Waals surface area contributed by atoms with Crippen molar-refractivity contribution >= 4 is 23.0 Å². The van der Waals surface area contributed by atoms with Crippen molar-refractivity contribution in [2.45, 2.75) is 32.4 Å². The lowest BCUT2D eigenvalue weighted by Crippen LogP contribution is -2.37. The number of halogens is 1. The second kappa shape index (κ2) is 8.43. The van der Waals surface area contributed by atoms with Crippen LogP contribution in [0, 0.1) is 0 Å². The van der Waals surface area contributed by atoms with Gasteiger partial charge in [-0.25, -0.2) is 4.98 Å². The maximum atomic E-state index is 15.1. The fourth-order valence-electron chi connectivity index (χ4n) is 2.43. The maximum Gasteiger partial charge on any atom is 0.250 e. The molecule has 2 heterocycles. The van der Waals surface area contributed by atoms with E-state index in [1.54, 1.807) is 0 Å². The van der Waals surface area contributed by atoms with Gasteiger partial charge in [-0.1, -0.05) is 11.4 Å². The van der Waals surface area contributed by atoms with E-state index >= 15 is 4.48 Å². The molecule has 0 spiro atoms. The molecule has 0 bridgehead atoms. The van der Waals surface area contributed by atoms with Gasteiger partial charge < -0.3 is 21.5 Å². The fourth-order valence-corrected chi connectivity index (χ4v) is 2.43. The molecule has 0 saturated heterocycles. The summed E-state index contributed by atoms with van der Waals surface area (Å²) in [6.07, 6.45) is 4.77. The summed E-state index contributed by atoms with van der Waals surface area (Å²) in [4.78, 5) is 19.3. The Kier molecular flexibility index (Phi) is 6.29. The number of nitrogens with zero attached hydrogens (tertiary/aromatic N) is 3. The molecule has 0 aromatic carbocycles. The molecule has 0 aliphatic carbocycles. The molecule has 0 saturated carbocycles. The lowest BCUT2D eigenvalue weighted by molar-refractivity contribution is 0.1000. The number of ether oxygens (including phenoxy) is 1. The number of pyridine rings is 2. The van der Waals surface area contributed by atoms with Crippen molar-refractivity contribution in [2.75, 3.05) is 17.5 Å². The van der Waals surface area contributed by atoms with Crippen LogP contribution in [0.2, 0.25) is 0 Å². The van der Waals surface area contributed by atoms with Gasteiger partial charge in [0.25, 0.3) is 0 Å². The minimum absolute atomic E-state index is 0.0476. The number of carbonyl (C=O) groups excluding carboxylic acids is 1. The molecule has 2 rings (SSSR count). The number of rotatable bonds is 8. The third-order valence-electron chi connectivity index (χ3n) is 3.93. The van der Waals surface area contributed by atoms with Crippen molar-refractivity contribution in [3.8, 4) is 5.88 Å². The summed E-state index contributed by atoms with van der Waals surface area (Å²) >= 11 is 0. The van der Waals surface area contributed by atoms with E-state index in [2.05, 4.69) is 15.3 Å². The van der Waals surface area contributed by atoms with Gasteiger partial charge in [-0.05, 0) is 19.4 Å². The van der Waals surface area contributed by atoms with E-state index in [0.29, 0.717) is 10.8 Å². The lowest BCUT2D eigenvalue weighted by atomic mass is 10.1. The van der Waals surface area contributed by atoms with Crippen LogP contribution < -0.4 is 26.6 Å². The zero-order valence-electron chi connectivity index (χ0n) is 14.9. The monoisotopic (exact) mass is 362 g/mol. The number of hydrogen-bond donors (Lipinski definition) is 3. The molecular weight excluding hydrogens is 339 g/mol. The minimum atomic E-state index is -0.693. The normalized spacial score (nSPS) is 13.0. The first-order valence-electron chi connectivity index (χ1n) is 8.14. The molecular formula is C17H23FN6O2. The summed E-state index contributed by atoms with van der Waals surface area (Å²) in [6.45, 7) is 3.84. The number of carbonyl (C=O) groups is 1. The highest BCUT2D eigenvalue weighted by atomic mass is 19.2. The summed E-state index contributed by atoms with van der Waals surface area (Å²) in [5.74, 6) is -0.456. The minimum Gasteiger partial charge on any atom is -0.481 e. The number of methoxy groups -OCH3 is 1. The number of nitrogens with two attached hydrogens (primary N) is 2. The summed E-state index contributed by atoms with van der Waals surface area (Å²) in [5, 5.41) is 3.59. The van der Waals surface area contributed by atoms with Crippen molar-refractivity contribution in [1.82, 2.24) is 9.97 Å². The second-order valence-corrected chi connectivity index (χ2v) is 5.84. The van der Waals surface area contributed by atoms with Gasteiger partial charge in [-0.15, -0.1) is 0 Å². The van der Waals surface area contributed by atoms with E-state index in [1.165, 1.54) is 37.8 Å². The zero-order chi connectivity index (χ0) is 19.3. The van der Waals surface area contributed by atoms with Gasteiger partial charge in [0.05, 0.1) is 36.4 Å². The molecule has 5 N–H and O–H groups in total. The molecule has 0 radical (unpaired) electrons. The van der Waals surface area contributed by atoms with Crippen molar-refractivity contribution in [2.24, 2.45) is 11.5 Å². The van der Waals surface area contributed by atoms with E-state index in [4.69, 9.17) is 16.2 Å². The number of amides is 1. The molecule has 0 aliphatic heterocycles. The summed E-state index contributed by atoms with van der Waals surface area (Å²) in [6, 6.07) is 2.53. The topological polar surface area (TPSA) is 119 Å². The third kappa shape index (κ3) is 4.37. The van der Waals surface area contributed by atoms with Crippen LogP contribution in [0.3, 0.4) is 0 Å². The van der Waals surface area contributed by atoms with E-state index < -0.39 is 5.91 Å². The molecule has 2 aromatic rings. The van der Waals surface area contributed by atoms with Crippen LogP contribution >= 0.6 is 0 Å². The van der Waals surface area contributed by atoms with Crippen LogP contribution in [0.4, 0.5) is 21.5 Å². The van der Waals surface area contributed by atoms with E-state index in [0.717, 1.165) is 6.42 Å². The molecule has 0 fully saturated rings. The Morgan fingerprint density at radius 2 is 2.12 bits per heavy atom. The smallest absolute Gasteiger partial charge is 0.250 e. The first kappa shape index (κ1) is 19.4. The Morgan fingerprint density at radius 3 is 2.69 bits per heavy atom. The van der Waals surface area contributed by atoms with E-state index in [9.17, 15) is 4.79 Å². The lowest BCUT2D eigenvalue weighted by Gasteiger charge is -2.25. The predicted molar refractivity (Wildman–Crippen MR) is 98.1 cm³/mol. The predicted octanol–water partition coefficient (Wildman–Crippen LogP) is 2.14. The Hall–Kier alpha value is -2.94. The largest absolute Gasteiger partial charge is 0.481 e. The molecule has 2 atom stereocenters. The SMILES string of the molecule is CC[C@@H](Nc1cnc(OC)cc1N(F)c1cncc(C(N)=O)c1)[C@H](C)N. The number of anilines is 3. The van der Waals surface area contributed by atoms with Crippen LogP contribution in [-0.4, -0.2) is 35.1 Å². The van der Waals surface area contributed by atoms with Crippen LogP contribution in [0.1, 0.15) is 30.6 Å². The van der Waals surface area contributed by atoms with Crippen LogP contribution in [0.25, 0.3) is 0 Å². The van der Waals surface area contributed by atoms with Gasteiger partial charge in [-0.2, -0.15) is 5.12 Å². The Bertz CT molecular complexity index is 771. The van der Waals surface area contributed by atoms with Gasteiger partial charge in [0, 0.05) is 24.3 Å². The Labute approximate surface area is 151 Å². The zero-order valence-corrected chi connectivity index (χ0v) is 14.9. The first-order chi connectivity index (χ1) is 12.4. The maximum absolute atomic E-state index is 15.1. The summed E-state index contributed by atoms with van der Waals surface area (Å²) in [5.41, 5.74) is 11.9. The molecule has 0 aliphatic rings. The van der Waals surface area contributed by atoms with Crippen molar-refractivity contribution in [3.05, 3.63) is 36.3 Å². The van der Waals surface area contributed by atoms with Crippen LogP contribution in [0.5, 0.6) is 5.88 Å². The van der Waals surface area contributed by atoms with Crippen LogP contribution in [0.15, 0.2) is 30.7 Å². The second-order valence-electron chi connectivity index (χ2n) is 5.84. The highest BCUT2D eigenvalue weighted by molar-refractivity contribution is 5.93. The molecule has 26 heavy (non-hydrogen) atoms. The molecule has 1 amide bonds. The van der Waals surface area contributed by atoms with E-state index in [1.807, 2.05) is 13.8 Å². The van der Waals surface area contributed by atoms with Crippen molar-refractivity contribution in [3.63, 3.8) is 0 Å². The van der Waals surface area contributed by atoms with Gasteiger partial charge in [0.1, 0.15) is 5.69 Å². The molecule has 9 heteroatoms. The molecule has 0 unspecified atom stereocenters. The third-order valence-corrected chi connectivity index (χ3v) is 3.93. The van der Waals surface area contributed by atoms with Gasteiger partial charge in [-0.3, -0.25) is 9.78 Å². The number of primary amides is 1. The quantitative estimate of drug-likeness (QED) is 0.615. The van der Waals surface area contributed by atoms with E-state index in [-0.39, 0.29) is 34.9 Å². The van der Waals surface area contributed by atoms with Crippen molar-refractivity contribution < 1.29 is 14.0 Å². The fraction of sp³-hybridized carbons (Fsp3) is 0.353. The Morgan fingerprint density at radius 1 is 1.38 bits per heavy atom. The molecule has 2 aromatic heterocycles. The highest BCUT2D eigenvalue weighted by Gasteiger charge is 2.20. The van der Waals surface area contributed by atoms with Gasteiger partial charge in [0.15, 0.2) is 0 Å². The number of hydrogen-bond acceptors (Lipinski definition) is 7. The van der Waals surface area contributed by atoms with Gasteiger partial charge in [0.2, 0.25) is 11.8 Å². The summed E-state index contributed by atoms with van der Waals surface area (Å²) < 4.78 is 20.2. The standard InChI is InChI=1S/C17H23FN6O2/c1-4-13(10(2)19)23-14-9-22-16(26-3)6-15(14)24(18)12-5-11(17(20)25)7-21-8-12/h5-10,13,23H,4,19H2,1-3H3,(H2,20,25)/t10-,13+/m0/s1. The van der Waals surface area contributed by atoms with Crippen LogP contribution in [-0.2, 0) is 0 Å². The van der Waals surface area contributed by atoms with Gasteiger partial charge >= 0.3 is 0 Å².